The first kappa shape index (κ1) is 14.1. The summed E-state index contributed by atoms with van der Waals surface area (Å²) < 4.78 is 5.63. The summed E-state index contributed by atoms with van der Waals surface area (Å²) in [5.74, 6) is 0. The molecular formula is C17H25NO2. The summed E-state index contributed by atoms with van der Waals surface area (Å²) in [6.45, 7) is 3.67. The van der Waals surface area contributed by atoms with E-state index < -0.39 is 5.60 Å². The number of morpholine rings is 1. The van der Waals surface area contributed by atoms with Gasteiger partial charge in [-0.25, -0.2) is 0 Å². The van der Waals surface area contributed by atoms with E-state index in [-0.39, 0.29) is 0 Å². The molecule has 3 heteroatoms. The normalized spacial score (nSPS) is 34.1. The highest BCUT2D eigenvalue weighted by atomic mass is 16.5. The molecule has 0 amide bonds. The van der Waals surface area contributed by atoms with Crippen molar-refractivity contribution in [3.8, 4) is 0 Å². The maximum atomic E-state index is 11.1. The van der Waals surface area contributed by atoms with Gasteiger partial charge >= 0.3 is 0 Å². The van der Waals surface area contributed by atoms with Gasteiger partial charge in [-0.15, -0.1) is 0 Å². The number of aryl methyl sites for hydroxylation is 1. The zero-order valence-corrected chi connectivity index (χ0v) is 12.5. The van der Waals surface area contributed by atoms with Crippen LogP contribution in [0.5, 0.6) is 0 Å². The van der Waals surface area contributed by atoms with Gasteiger partial charge in [0.25, 0.3) is 0 Å². The molecular weight excluding hydrogens is 250 g/mol. The second kappa shape index (κ2) is 5.47. The van der Waals surface area contributed by atoms with Gasteiger partial charge in [0.15, 0.2) is 0 Å². The quantitative estimate of drug-likeness (QED) is 0.919. The van der Waals surface area contributed by atoms with E-state index in [1.165, 1.54) is 5.56 Å². The number of rotatable bonds is 3. The Kier molecular flexibility index (Phi) is 3.85. The Hall–Kier alpha value is -0.900. The molecule has 1 N–H and O–H groups in total. The molecule has 0 radical (unpaired) electrons. The van der Waals surface area contributed by atoms with Crippen LogP contribution in [-0.4, -0.2) is 42.4 Å². The number of hydrogen-bond acceptors (Lipinski definition) is 3. The number of benzene rings is 1. The predicted molar refractivity (Wildman–Crippen MR) is 79.7 cm³/mol. The fourth-order valence-electron chi connectivity index (χ4n) is 3.65. The van der Waals surface area contributed by atoms with Crippen molar-refractivity contribution in [1.82, 2.24) is 4.90 Å². The van der Waals surface area contributed by atoms with Gasteiger partial charge < -0.3 is 9.84 Å². The number of hydrogen-bond donors (Lipinski definition) is 1. The number of piperidine rings is 1. The van der Waals surface area contributed by atoms with Crippen LogP contribution in [0.3, 0.4) is 0 Å². The van der Waals surface area contributed by atoms with Crippen molar-refractivity contribution in [2.75, 3.05) is 20.3 Å². The number of aliphatic hydroxyl groups is 1. The zero-order valence-electron chi connectivity index (χ0n) is 12.5. The predicted octanol–water partition coefficient (Wildman–Crippen LogP) is 2.32. The van der Waals surface area contributed by atoms with E-state index in [4.69, 9.17) is 4.74 Å². The van der Waals surface area contributed by atoms with E-state index in [9.17, 15) is 5.11 Å². The zero-order chi connectivity index (χ0) is 14.2. The molecule has 2 bridgehead atoms. The summed E-state index contributed by atoms with van der Waals surface area (Å²) in [5.41, 5.74) is 1.75. The van der Waals surface area contributed by atoms with E-state index in [1.807, 2.05) is 0 Å². The summed E-state index contributed by atoms with van der Waals surface area (Å²) in [6, 6.07) is 9.24. The standard InChI is InChI=1S/C17H25NO2/c1-3-4-13-5-7-14(8-6-13)17(19)9-15-11-20-12-16(10-17)18(15)2/h5-8,15-16,19H,3-4,9-12H2,1-2H3. The first-order valence-corrected chi connectivity index (χ1v) is 7.74. The van der Waals surface area contributed by atoms with Crippen LogP contribution < -0.4 is 0 Å². The fraction of sp³-hybridized carbons (Fsp3) is 0.647. The molecule has 0 aliphatic carbocycles. The van der Waals surface area contributed by atoms with Gasteiger partial charge in [-0.2, -0.15) is 0 Å². The molecule has 0 saturated carbocycles. The van der Waals surface area contributed by atoms with Crippen LogP contribution in [-0.2, 0) is 16.8 Å². The van der Waals surface area contributed by atoms with Crippen LogP contribution in [0.2, 0.25) is 0 Å². The molecule has 2 heterocycles. The molecule has 2 atom stereocenters. The molecule has 2 fully saturated rings. The van der Waals surface area contributed by atoms with Gasteiger partial charge in [0.05, 0.1) is 18.8 Å². The average Bonchev–Trinajstić information content (AvgIpc) is 2.42. The van der Waals surface area contributed by atoms with Gasteiger partial charge in [-0.05, 0) is 37.4 Å². The fourth-order valence-corrected chi connectivity index (χ4v) is 3.65. The lowest BCUT2D eigenvalue weighted by atomic mass is 9.77. The van der Waals surface area contributed by atoms with Crippen molar-refractivity contribution in [2.24, 2.45) is 0 Å². The van der Waals surface area contributed by atoms with E-state index in [2.05, 4.69) is 43.1 Å². The molecule has 3 rings (SSSR count). The Morgan fingerprint density at radius 1 is 1.20 bits per heavy atom. The van der Waals surface area contributed by atoms with Crippen LogP contribution in [0, 0.1) is 0 Å². The van der Waals surface area contributed by atoms with Gasteiger partial charge in [-0.1, -0.05) is 37.6 Å². The second-order valence-electron chi connectivity index (χ2n) is 6.40. The molecule has 1 aromatic rings. The number of fused-ring (bicyclic) bond motifs is 2. The summed E-state index contributed by atoms with van der Waals surface area (Å²) in [6.07, 6.45) is 3.82. The second-order valence-corrected chi connectivity index (χ2v) is 6.40. The largest absolute Gasteiger partial charge is 0.385 e. The Bertz CT molecular complexity index is 443. The van der Waals surface area contributed by atoms with Crippen molar-refractivity contribution in [1.29, 1.82) is 0 Å². The highest BCUT2D eigenvalue weighted by molar-refractivity contribution is 5.28. The molecule has 3 nitrogen and oxygen atoms in total. The van der Waals surface area contributed by atoms with Crippen LogP contribution >= 0.6 is 0 Å². The van der Waals surface area contributed by atoms with Gasteiger partial charge in [0.1, 0.15) is 0 Å². The van der Waals surface area contributed by atoms with E-state index in [1.54, 1.807) is 0 Å². The summed E-state index contributed by atoms with van der Waals surface area (Å²) >= 11 is 0. The first-order valence-electron chi connectivity index (χ1n) is 7.74. The minimum atomic E-state index is -0.684. The lowest BCUT2D eigenvalue weighted by Crippen LogP contribution is -2.59. The Morgan fingerprint density at radius 2 is 1.80 bits per heavy atom. The van der Waals surface area contributed by atoms with Crippen molar-refractivity contribution in [3.63, 3.8) is 0 Å². The van der Waals surface area contributed by atoms with Crippen LogP contribution in [0.4, 0.5) is 0 Å². The number of nitrogens with zero attached hydrogens (tertiary/aromatic N) is 1. The minimum absolute atomic E-state index is 0.336. The third-order valence-corrected chi connectivity index (χ3v) is 4.95. The lowest BCUT2D eigenvalue weighted by Gasteiger charge is -2.50. The molecule has 2 aliphatic rings. The highest BCUT2D eigenvalue weighted by Gasteiger charge is 2.45. The van der Waals surface area contributed by atoms with Crippen molar-refractivity contribution < 1.29 is 9.84 Å². The van der Waals surface area contributed by atoms with Crippen LogP contribution in [0.1, 0.15) is 37.3 Å². The van der Waals surface area contributed by atoms with Crippen molar-refractivity contribution in [2.45, 2.75) is 50.3 Å². The van der Waals surface area contributed by atoms with E-state index >= 15 is 0 Å². The smallest absolute Gasteiger partial charge is 0.0928 e. The van der Waals surface area contributed by atoms with Crippen LogP contribution in [0.25, 0.3) is 0 Å². The maximum Gasteiger partial charge on any atom is 0.0928 e. The van der Waals surface area contributed by atoms with E-state index in [0.717, 1.165) is 44.5 Å². The monoisotopic (exact) mass is 275 g/mol. The first-order chi connectivity index (χ1) is 9.62. The molecule has 1 aromatic carbocycles. The third kappa shape index (κ3) is 2.50. The van der Waals surface area contributed by atoms with Crippen LogP contribution in [0.15, 0.2) is 24.3 Å². The van der Waals surface area contributed by atoms with Gasteiger partial charge in [0, 0.05) is 12.1 Å². The van der Waals surface area contributed by atoms with Gasteiger partial charge in [-0.3, -0.25) is 4.90 Å². The molecule has 2 aliphatic heterocycles. The Morgan fingerprint density at radius 3 is 2.35 bits per heavy atom. The lowest BCUT2D eigenvalue weighted by molar-refractivity contribution is -0.137. The Labute approximate surface area is 121 Å². The summed E-state index contributed by atoms with van der Waals surface area (Å²) in [5, 5.41) is 11.1. The third-order valence-electron chi connectivity index (χ3n) is 4.95. The molecule has 0 aromatic heterocycles. The minimum Gasteiger partial charge on any atom is -0.385 e. The van der Waals surface area contributed by atoms with Crippen molar-refractivity contribution >= 4 is 0 Å². The molecule has 110 valence electrons. The molecule has 2 saturated heterocycles. The molecule has 2 unspecified atom stereocenters. The van der Waals surface area contributed by atoms with Gasteiger partial charge in [0.2, 0.25) is 0 Å². The summed E-state index contributed by atoms with van der Waals surface area (Å²) in [7, 11) is 2.15. The Balaban J connectivity index is 1.81. The van der Waals surface area contributed by atoms with E-state index in [0.29, 0.717) is 12.1 Å². The highest BCUT2D eigenvalue weighted by Crippen LogP contribution is 2.40. The maximum absolute atomic E-state index is 11.1. The van der Waals surface area contributed by atoms with Crippen molar-refractivity contribution in [3.05, 3.63) is 35.4 Å². The molecule has 20 heavy (non-hydrogen) atoms. The summed E-state index contributed by atoms with van der Waals surface area (Å²) in [4.78, 5) is 2.38. The SMILES string of the molecule is CCCc1ccc(C2(O)CC3COCC(C2)N3C)cc1. The average molecular weight is 275 g/mol. The number of ether oxygens (including phenoxy) is 1. The topological polar surface area (TPSA) is 32.7 Å². The molecule has 0 spiro atoms. The number of likely N-dealkylation sites (N-methyl/N-ethyl adjacent to an activating group) is 1.